The van der Waals surface area contributed by atoms with Crippen molar-refractivity contribution >= 4 is 11.6 Å². The minimum Gasteiger partial charge on any atom is -0.497 e. The van der Waals surface area contributed by atoms with Gasteiger partial charge in [-0.15, -0.1) is 0 Å². The van der Waals surface area contributed by atoms with Crippen molar-refractivity contribution in [1.29, 1.82) is 0 Å². The van der Waals surface area contributed by atoms with Crippen molar-refractivity contribution in [1.82, 2.24) is 5.32 Å². The summed E-state index contributed by atoms with van der Waals surface area (Å²) in [5, 5.41) is 3.15. The first-order chi connectivity index (χ1) is 8.87. The van der Waals surface area contributed by atoms with Crippen molar-refractivity contribution in [2.75, 3.05) is 13.7 Å². The van der Waals surface area contributed by atoms with Gasteiger partial charge in [-0.1, -0.05) is 24.6 Å². The average molecular weight is 296 g/mol. The molecule has 0 saturated carbocycles. The molecule has 1 rings (SSSR count). The van der Waals surface area contributed by atoms with E-state index in [-0.39, 0.29) is 5.02 Å². The maximum absolute atomic E-state index is 12.6. The van der Waals surface area contributed by atoms with E-state index in [2.05, 4.69) is 5.32 Å². The number of benzene rings is 1. The lowest BCUT2D eigenvalue weighted by Crippen LogP contribution is -2.27. The minimum absolute atomic E-state index is 0.275. The predicted molar refractivity (Wildman–Crippen MR) is 69.7 cm³/mol. The summed E-state index contributed by atoms with van der Waals surface area (Å²) < 4.78 is 42.7. The maximum Gasteiger partial charge on any atom is 0.390 e. The molecule has 0 bridgehead atoms. The van der Waals surface area contributed by atoms with E-state index in [1.54, 1.807) is 12.1 Å². The van der Waals surface area contributed by atoms with Gasteiger partial charge in [0, 0.05) is 11.1 Å². The molecule has 0 radical (unpaired) electrons. The molecule has 1 unspecified atom stereocenters. The molecule has 0 spiro atoms. The van der Waals surface area contributed by atoms with E-state index in [1.165, 1.54) is 13.2 Å². The van der Waals surface area contributed by atoms with Crippen molar-refractivity contribution in [2.45, 2.75) is 32.0 Å². The monoisotopic (exact) mass is 295 g/mol. The van der Waals surface area contributed by atoms with Crippen LogP contribution in [-0.2, 0) is 0 Å². The van der Waals surface area contributed by atoms with Gasteiger partial charge >= 0.3 is 6.18 Å². The Bertz CT molecular complexity index is 409. The molecule has 19 heavy (non-hydrogen) atoms. The van der Waals surface area contributed by atoms with Gasteiger partial charge in [0.1, 0.15) is 5.75 Å². The molecule has 0 aliphatic heterocycles. The Labute approximate surface area is 115 Å². The Kier molecular flexibility index (Phi) is 5.94. The number of ether oxygens (including phenoxy) is 1. The van der Waals surface area contributed by atoms with Gasteiger partial charge in [0.05, 0.1) is 13.5 Å². The van der Waals surface area contributed by atoms with Crippen LogP contribution in [0.4, 0.5) is 13.2 Å². The third kappa shape index (κ3) is 5.28. The van der Waals surface area contributed by atoms with Crippen LogP contribution >= 0.6 is 11.6 Å². The molecule has 6 heteroatoms. The highest BCUT2D eigenvalue weighted by Gasteiger charge is 2.33. The van der Waals surface area contributed by atoms with Crippen LogP contribution < -0.4 is 10.1 Å². The van der Waals surface area contributed by atoms with Crippen molar-refractivity contribution in [3.05, 3.63) is 28.8 Å². The van der Waals surface area contributed by atoms with Gasteiger partial charge < -0.3 is 10.1 Å². The summed E-state index contributed by atoms with van der Waals surface area (Å²) >= 11 is 6.02. The number of hydrogen-bond acceptors (Lipinski definition) is 2. The fourth-order valence-electron chi connectivity index (χ4n) is 1.76. The molecule has 0 amide bonds. The molecule has 1 aromatic carbocycles. The smallest absolute Gasteiger partial charge is 0.390 e. The normalized spacial score (nSPS) is 13.4. The van der Waals surface area contributed by atoms with Gasteiger partial charge in [0.25, 0.3) is 0 Å². The van der Waals surface area contributed by atoms with E-state index in [4.69, 9.17) is 16.3 Å². The highest BCUT2D eigenvalue weighted by molar-refractivity contribution is 6.31. The molecular formula is C13H17ClF3NO. The van der Waals surface area contributed by atoms with E-state index < -0.39 is 18.6 Å². The topological polar surface area (TPSA) is 21.3 Å². The second-order valence-electron chi connectivity index (χ2n) is 4.21. The summed E-state index contributed by atoms with van der Waals surface area (Å²) in [7, 11) is 1.48. The number of nitrogens with one attached hydrogen (secondary N) is 1. The Morgan fingerprint density at radius 1 is 1.37 bits per heavy atom. The van der Waals surface area contributed by atoms with Crippen molar-refractivity contribution in [3.8, 4) is 5.75 Å². The lowest BCUT2D eigenvalue weighted by molar-refractivity contribution is -0.140. The number of hydrogen-bond donors (Lipinski definition) is 1. The average Bonchev–Trinajstić information content (AvgIpc) is 2.33. The summed E-state index contributed by atoms with van der Waals surface area (Å²) in [6.45, 7) is 2.40. The van der Waals surface area contributed by atoms with Crippen LogP contribution in [0, 0.1) is 0 Å². The van der Waals surface area contributed by atoms with Gasteiger partial charge in [-0.05, 0) is 30.7 Å². The number of rotatable bonds is 6. The molecule has 108 valence electrons. The van der Waals surface area contributed by atoms with Gasteiger partial charge in [-0.25, -0.2) is 0 Å². The molecule has 0 aliphatic carbocycles. The highest BCUT2D eigenvalue weighted by Crippen LogP contribution is 2.34. The molecule has 0 aromatic heterocycles. The lowest BCUT2D eigenvalue weighted by atomic mass is 10.0. The molecule has 0 fully saturated rings. The number of methoxy groups -OCH3 is 1. The van der Waals surface area contributed by atoms with Gasteiger partial charge in [-0.3, -0.25) is 0 Å². The van der Waals surface area contributed by atoms with Gasteiger partial charge in [0.2, 0.25) is 0 Å². The zero-order valence-corrected chi connectivity index (χ0v) is 11.6. The zero-order valence-electron chi connectivity index (χ0n) is 10.9. The molecule has 1 aromatic rings. The summed E-state index contributed by atoms with van der Waals surface area (Å²) in [5.41, 5.74) is 0.438. The molecule has 1 N–H and O–H groups in total. The fraction of sp³-hybridized carbons (Fsp3) is 0.538. The van der Waals surface area contributed by atoms with Crippen LogP contribution in [0.1, 0.15) is 31.4 Å². The number of halogens is 4. The Balaban J connectivity index is 2.96. The van der Waals surface area contributed by atoms with E-state index in [1.807, 2.05) is 6.92 Å². The third-order valence-corrected chi connectivity index (χ3v) is 2.99. The van der Waals surface area contributed by atoms with E-state index in [9.17, 15) is 13.2 Å². The van der Waals surface area contributed by atoms with Crippen LogP contribution in [0.25, 0.3) is 0 Å². The quantitative estimate of drug-likeness (QED) is 0.843. The molecular weight excluding hydrogens is 279 g/mol. The standard InChI is InChI=1S/C13H17ClF3NO/c1-3-6-18-12(8-13(15,16)17)10-5-4-9(19-2)7-11(10)14/h4-5,7,12,18H,3,6,8H2,1-2H3. The predicted octanol–water partition coefficient (Wildman–Crippen LogP) is 4.34. The van der Waals surface area contributed by atoms with Gasteiger partial charge in [-0.2, -0.15) is 13.2 Å². The summed E-state index contributed by atoms with van der Waals surface area (Å²) in [6.07, 6.45) is -4.43. The van der Waals surface area contributed by atoms with E-state index in [0.29, 0.717) is 17.9 Å². The molecule has 0 heterocycles. The van der Waals surface area contributed by atoms with Crippen LogP contribution in [0.2, 0.25) is 5.02 Å². The van der Waals surface area contributed by atoms with Crippen molar-refractivity contribution in [2.24, 2.45) is 0 Å². The first kappa shape index (κ1) is 16.1. The number of alkyl halides is 3. The largest absolute Gasteiger partial charge is 0.497 e. The highest BCUT2D eigenvalue weighted by atomic mass is 35.5. The third-order valence-electron chi connectivity index (χ3n) is 2.66. The molecule has 2 nitrogen and oxygen atoms in total. The minimum atomic E-state index is -4.24. The van der Waals surface area contributed by atoms with E-state index in [0.717, 1.165) is 6.42 Å². The Morgan fingerprint density at radius 2 is 2.05 bits per heavy atom. The second kappa shape index (κ2) is 7.01. The van der Waals surface area contributed by atoms with Crippen LogP contribution in [0.3, 0.4) is 0 Å². The van der Waals surface area contributed by atoms with Crippen LogP contribution in [0.5, 0.6) is 5.75 Å². The first-order valence-electron chi connectivity index (χ1n) is 6.01. The fourth-order valence-corrected chi connectivity index (χ4v) is 2.06. The van der Waals surface area contributed by atoms with Gasteiger partial charge in [0.15, 0.2) is 0 Å². The second-order valence-corrected chi connectivity index (χ2v) is 4.62. The summed E-state index contributed by atoms with van der Waals surface area (Å²) in [6, 6.07) is 3.87. The lowest BCUT2D eigenvalue weighted by Gasteiger charge is -2.22. The van der Waals surface area contributed by atoms with E-state index >= 15 is 0 Å². The summed E-state index contributed by atoms with van der Waals surface area (Å²) in [4.78, 5) is 0. The Morgan fingerprint density at radius 3 is 2.53 bits per heavy atom. The zero-order chi connectivity index (χ0) is 14.5. The molecule has 1 atom stereocenters. The molecule has 0 aliphatic rings. The van der Waals surface area contributed by atoms with Crippen LogP contribution in [-0.4, -0.2) is 19.8 Å². The maximum atomic E-state index is 12.6. The van der Waals surface area contributed by atoms with Crippen molar-refractivity contribution in [3.63, 3.8) is 0 Å². The molecule has 0 saturated heterocycles. The van der Waals surface area contributed by atoms with Crippen LogP contribution in [0.15, 0.2) is 18.2 Å². The van der Waals surface area contributed by atoms with Crippen molar-refractivity contribution < 1.29 is 17.9 Å². The SMILES string of the molecule is CCCNC(CC(F)(F)F)c1ccc(OC)cc1Cl. The summed E-state index contributed by atoms with van der Waals surface area (Å²) in [5.74, 6) is 0.523. The first-order valence-corrected chi connectivity index (χ1v) is 6.38. The Hall–Kier alpha value is -0.940.